The van der Waals surface area contributed by atoms with E-state index in [4.69, 9.17) is 5.73 Å². The molecule has 0 saturated carbocycles. The van der Waals surface area contributed by atoms with Gasteiger partial charge in [0.15, 0.2) is 11.6 Å². The number of nitrogen functional groups attached to an aromatic ring is 1. The lowest BCUT2D eigenvalue weighted by Gasteiger charge is -2.06. The van der Waals surface area contributed by atoms with Gasteiger partial charge in [-0.25, -0.2) is 9.67 Å². The van der Waals surface area contributed by atoms with Crippen LogP contribution in [0.2, 0.25) is 0 Å². The predicted octanol–water partition coefficient (Wildman–Crippen LogP) is 1.94. The molecule has 2 aromatic rings. The Labute approximate surface area is 95.1 Å². The fourth-order valence-electron chi connectivity index (χ4n) is 1.70. The normalized spacial score (nSPS) is 10.7. The van der Waals surface area contributed by atoms with E-state index in [2.05, 4.69) is 10.1 Å². The van der Waals surface area contributed by atoms with Crippen molar-refractivity contribution in [2.75, 3.05) is 5.73 Å². The van der Waals surface area contributed by atoms with E-state index in [-0.39, 0.29) is 0 Å². The van der Waals surface area contributed by atoms with Crippen molar-refractivity contribution < 1.29 is 0 Å². The lowest BCUT2D eigenvalue weighted by atomic mass is 10.1. The van der Waals surface area contributed by atoms with Gasteiger partial charge in [0, 0.05) is 24.7 Å². The molecule has 0 aliphatic heterocycles. The minimum absolute atomic E-state index is 0.778. The SMILES string of the molecule is CCc1nc(-c2cccc(C)c2N)n(C)n1. The largest absolute Gasteiger partial charge is 0.398 e. The average molecular weight is 216 g/mol. The van der Waals surface area contributed by atoms with Crippen LogP contribution in [0.25, 0.3) is 11.4 Å². The van der Waals surface area contributed by atoms with Crippen LogP contribution in [0.5, 0.6) is 0 Å². The zero-order chi connectivity index (χ0) is 11.7. The van der Waals surface area contributed by atoms with Gasteiger partial charge in [-0.15, -0.1) is 0 Å². The molecule has 0 spiro atoms. The van der Waals surface area contributed by atoms with Crippen LogP contribution in [-0.4, -0.2) is 14.8 Å². The van der Waals surface area contributed by atoms with Crippen molar-refractivity contribution in [3.8, 4) is 11.4 Å². The van der Waals surface area contributed by atoms with Crippen LogP contribution in [0.15, 0.2) is 18.2 Å². The predicted molar refractivity (Wildman–Crippen MR) is 65.0 cm³/mol. The second kappa shape index (κ2) is 3.96. The van der Waals surface area contributed by atoms with Crippen molar-refractivity contribution in [3.63, 3.8) is 0 Å². The fraction of sp³-hybridized carbons (Fsp3) is 0.333. The summed E-state index contributed by atoms with van der Waals surface area (Å²) < 4.78 is 1.78. The summed E-state index contributed by atoms with van der Waals surface area (Å²) in [5, 5.41) is 4.33. The number of anilines is 1. The first-order valence-corrected chi connectivity index (χ1v) is 5.38. The first-order valence-electron chi connectivity index (χ1n) is 5.38. The Morgan fingerprint density at radius 2 is 2.12 bits per heavy atom. The molecule has 1 aromatic carbocycles. The number of nitrogens with zero attached hydrogens (tertiary/aromatic N) is 3. The highest BCUT2D eigenvalue weighted by atomic mass is 15.3. The number of hydrogen-bond acceptors (Lipinski definition) is 3. The molecule has 4 nitrogen and oxygen atoms in total. The van der Waals surface area contributed by atoms with Gasteiger partial charge in [0.1, 0.15) is 0 Å². The van der Waals surface area contributed by atoms with Gasteiger partial charge >= 0.3 is 0 Å². The third-order valence-electron chi connectivity index (χ3n) is 2.69. The summed E-state index contributed by atoms with van der Waals surface area (Å²) in [7, 11) is 1.89. The number of rotatable bonds is 2. The Kier molecular flexibility index (Phi) is 2.64. The van der Waals surface area contributed by atoms with Crippen LogP contribution in [0.3, 0.4) is 0 Å². The van der Waals surface area contributed by atoms with Gasteiger partial charge in [0.2, 0.25) is 0 Å². The van der Waals surface area contributed by atoms with Crippen LogP contribution < -0.4 is 5.73 Å². The van der Waals surface area contributed by atoms with Gasteiger partial charge < -0.3 is 5.73 Å². The van der Waals surface area contributed by atoms with E-state index in [0.29, 0.717) is 0 Å². The summed E-state index contributed by atoms with van der Waals surface area (Å²) in [6.07, 6.45) is 0.833. The molecular weight excluding hydrogens is 200 g/mol. The molecule has 84 valence electrons. The van der Waals surface area contributed by atoms with Gasteiger partial charge in [-0.1, -0.05) is 19.1 Å². The van der Waals surface area contributed by atoms with Crippen LogP contribution in [0, 0.1) is 6.92 Å². The van der Waals surface area contributed by atoms with Gasteiger partial charge in [-0.2, -0.15) is 5.10 Å². The van der Waals surface area contributed by atoms with Crippen molar-refractivity contribution >= 4 is 5.69 Å². The number of hydrogen-bond donors (Lipinski definition) is 1. The summed E-state index contributed by atoms with van der Waals surface area (Å²) in [6.45, 7) is 4.04. The maximum absolute atomic E-state index is 6.05. The zero-order valence-electron chi connectivity index (χ0n) is 9.86. The molecular formula is C12H16N4. The van der Waals surface area contributed by atoms with Crippen molar-refractivity contribution in [2.24, 2.45) is 7.05 Å². The van der Waals surface area contributed by atoms with Crippen molar-refractivity contribution in [2.45, 2.75) is 20.3 Å². The third-order valence-corrected chi connectivity index (χ3v) is 2.69. The summed E-state index contributed by atoms with van der Waals surface area (Å²) >= 11 is 0. The zero-order valence-corrected chi connectivity index (χ0v) is 9.86. The molecule has 1 heterocycles. The molecule has 0 amide bonds. The Morgan fingerprint density at radius 1 is 1.38 bits per heavy atom. The molecule has 0 atom stereocenters. The van der Waals surface area contributed by atoms with Crippen LogP contribution in [0.4, 0.5) is 5.69 Å². The lowest BCUT2D eigenvalue weighted by Crippen LogP contribution is -1.99. The monoisotopic (exact) mass is 216 g/mol. The molecule has 0 unspecified atom stereocenters. The van der Waals surface area contributed by atoms with Gasteiger partial charge in [0.05, 0.1) is 0 Å². The average Bonchev–Trinajstić information content (AvgIpc) is 2.64. The van der Waals surface area contributed by atoms with E-state index in [1.165, 1.54) is 0 Å². The second-order valence-electron chi connectivity index (χ2n) is 3.86. The van der Waals surface area contributed by atoms with E-state index in [0.717, 1.165) is 34.9 Å². The number of nitrogens with two attached hydrogens (primary N) is 1. The Morgan fingerprint density at radius 3 is 2.75 bits per heavy atom. The molecule has 2 N–H and O–H groups in total. The minimum Gasteiger partial charge on any atom is -0.398 e. The van der Waals surface area contributed by atoms with Crippen molar-refractivity contribution in [1.82, 2.24) is 14.8 Å². The summed E-state index contributed by atoms with van der Waals surface area (Å²) in [6, 6.07) is 5.96. The number of aryl methyl sites for hydroxylation is 3. The van der Waals surface area contributed by atoms with E-state index >= 15 is 0 Å². The molecule has 0 saturated heterocycles. The highest BCUT2D eigenvalue weighted by molar-refractivity contribution is 5.74. The molecule has 2 rings (SSSR count). The number of aromatic nitrogens is 3. The van der Waals surface area contributed by atoms with Crippen LogP contribution in [-0.2, 0) is 13.5 Å². The molecule has 0 aliphatic rings. The van der Waals surface area contributed by atoms with E-state index in [1.807, 2.05) is 39.1 Å². The third kappa shape index (κ3) is 1.66. The van der Waals surface area contributed by atoms with Gasteiger partial charge in [0.25, 0.3) is 0 Å². The van der Waals surface area contributed by atoms with Crippen LogP contribution in [0.1, 0.15) is 18.3 Å². The quantitative estimate of drug-likeness (QED) is 0.780. The first-order chi connectivity index (χ1) is 7.63. The second-order valence-corrected chi connectivity index (χ2v) is 3.86. The standard InChI is InChI=1S/C12H16N4/c1-4-10-14-12(16(3)15-10)9-7-5-6-8(2)11(9)13/h5-7H,4,13H2,1-3H3. The maximum Gasteiger partial charge on any atom is 0.160 e. The summed E-state index contributed by atoms with van der Waals surface area (Å²) in [4.78, 5) is 4.47. The molecule has 16 heavy (non-hydrogen) atoms. The Bertz CT molecular complexity index is 514. The van der Waals surface area contributed by atoms with E-state index < -0.39 is 0 Å². The topological polar surface area (TPSA) is 56.7 Å². The number of benzene rings is 1. The molecule has 4 heteroatoms. The fourth-order valence-corrected chi connectivity index (χ4v) is 1.70. The van der Waals surface area contributed by atoms with Gasteiger partial charge in [-0.3, -0.25) is 0 Å². The smallest absolute Gasteiger partial charge is 0.160 e. The van der Waals surface area contributed by atoms with E-state index in [9.17, 15) is 0 Å². The minimum atomic E-state index is 0.778. The first kappa shape index (κ1) is 10.7. The van der Waals surface area contributed by atoms with Crippen LogP contribution >= 0.6 is 0 Å². The summed E-state index contributed by atoms with van der Waals surface area (Å²) in [5.41, 5.74) is 8.85. The Balaban J connectivity index is 2.58. The lowest BCUT2D eigenvalue weighted by molar-refractivity contribution is 0.753. The highest BCUT2D eigenvalue weighted by Gasteiger charge is 2.11. The molecule has 1 aromatic heterocycles. The maximum atomic E-state index is 6.05. The molecule has 0 radical (unpaired) electrons. The molecule has 0 fully saturated rings. The van der Waals surface area contributed by atoms with Gasteiger partial charge in [-0.05, 0) is 18.6 Å². The highest BCUT2D eigenvalue weighted by Crippen LogP contribution is 2.26. The van der Waals surface area contributed by atoms with Crippen molar-refractivity contribution in [3.05, 3.63) is 29.6 Å². The number of para-hydroxylation sites is 1. The van der Waals surface area contributed by atoms with E-state index in [1.54, 1.807) is 4.68 Å². The summed E-state index contributed by atoms with van der Waals surface area (Å²) in [5.74, 6) is 1.68. The molecule has 0 bridgehead atoms. The molecule has 0 aliphatic carbocycles. The Hall–Kier alpha value is -1.84. The van der Waals surface area contributed by atoms with Crippen molar-refractivity contribution in [1.29, 1.82) is 0 Å².